The molecule has 0 radical (unpaired) electrons. The van der Waals surface area contributed by atoms with Crippen LogP contribution in [0.5, 0.6) is 0 Å². The fourth-order valence-corrected chi connectivity index (χ4v) is 3.92. The smallest absolute Gasteiger partial charge is 0.256 e. The zero-order chi connectivity index (χ0) is 19.4. The van der Waals surface area contributed by atoms with Crippen molar-refractivity contribution in [1.29, 1.82) is 0 Å². The maximum Gasteiger partial charge on any atom is 0.256 e. The molecule has 2 amide bonds. The lowest BCUT2D eigenvalue weighted by Gasteiger charge is -2.21. The first-order valence-electron chi connectivity index (χ1n) is 9.12. The van der Waals surface area contributed by atoms with E-state index in [2.05, 4.69) is 33.2 Å². The van der Waals surface area contributed by atoms with Crippen LogP contribution in [0, 0.1) is 22.2 Å². The first-order chi connectivity index (χ1) is 13.0. The molecule has 0 saturated heterocycles. The average Bonchev–Trinajstić information content (AvgIpc) is 2.67. The number of halogens is 2. The van der Waals surface area contributed by atoms with Gasteiger partial charge in [-0.1, -0.05) is 31.4 Å². The molecular weight excluding hydrogens is 458 g/mol. The molecule has 0 bridgehead atoms. The van der Waals surface area contributed by atoms with Crippen LogP contribution in [-0.4, -0.2) is 11.8 Å². The maximum absolute atomic E-state index is 14.1. The summed E-state index contributed by atoms with van der Waals surface area (Å²) >= 11 is 2.14. The molecule has 3 rings (SSSR count). The fourth-order valence-electron chi connectivity index (χ4n) is 3.32. The Kier molecular flexibility index (Phi) is 6.46. The van der Waals surface area contributed by atoms with Crippen molar-refractivity contribution in [1.82, 2.24) is 0 Å². The molecule has 0 unspecified atom stereocenters. The van der Waals surface area contributed by atoms with Crippen molar-refractivity contribution in [2.45, 2.75) is 39.0 Å². The van der Waals surface area contributed by atoms with Crippen LogP contribution in [0.4, 0.5) is 15.8 Å². The number of hydrogen-bond acceptors (Lipinski definition) is 2. The third kappa shape index (κ3) is 4.86. The van der Waals surface area contributed by atoms with E-state index in [1.807, 2.05) is 19.1 Å². The highest BCUT2D eigenvalue weighted by molar-refractivity contribution is 14.1. The van der Waals surface area contributed by atoms with Gasteiger partial charge in [0, 0.05) is 15.2 Å². The lowest BCUT2D eigenvalue weighted by Crippen LogP contribution is -2.25. The largest absolute Gasteiger partial charge is 0.323 e. The first kappa shape index (κ1) is 19.8. The second-order valence-corrected chi connectivity index (χ2v) is 7.99. The Morgan fingerprint density at radius 1 is 1.07 bits per heavy atom. The van der Waals surface area contributed by atoms with Crippen LogP contribution in [0.3, 0.4) is 0 Å². The first-order valence-corrected chi connectivity index (χ1v) is 10.2. The van der Waals surface area contributed by atoms with Crippen molar-refractivity contribution in [2.24, 2.45) is 5.92 Å². The Morgan fingerprint density at radius 3 is 2.56 bits per heavy atom. The van der Waals surface area contributed by atoms with E-state index in [1.165, 1.54) is 18.2 Å². The van der Waals surface area contributed by atoms with Gasteiger partial charge in [-0.15, -0.1) is 0 Å². The van der Waals surface area contributed by atoms with E-state index in [9.17, 15) is 14.0 Å². The molecule has 1 aliphatic rings. The van der Waals surface area contributed by atoms with Crippen molar-refractivity contribution < 1.29 is 14.0 Å². The van der Waals surface area contributed by atoms with Crippen LogP contribution in [0.25, 0.3) is 0 Å². The van der Waals surface area contributed by atoms with Crippen molar-refractivity contribution in [3.8, 4) is 0 Å². The lowest BCUT2D eigenvalue weighted by atomic mass is 9.88. The van der Waals surface area contributed by atoms with Gasteiger partial charge < -0.3 is 10.6 Å². The van der Waals surface area contributed by atoms with E-state index >= 15 is 0 Å². The van der Waals surface area contributed by atoms with Gasteiger partial charge in [-0.05, 0) is 72.2 Å². The minimum absolute atomic E-state index is 0.0646. The molecule has 2 N–H and O–H groups in total. The Labute approximate surface area is 172 Å². The van der Waals surface area contributed by atoms with Crippen LogP contribution in [-0.2, 0) is 4.79 Å². The van der Waals surface area contributed by atoms with E-state index in [0.717, 1.165) is 41.2 Å². The number of aryl methyl sites for hydroxylation is 1. The van der Waals surface area contributed by atoms with Gasteiger partial charge in [-0.2, -0.15) is 0 Å². The number of amides is 2. The molecule has 0 aromatic heterocycles. The summed E-state index contributed by atoms with van der Waals surface area (Å²) in [5, 5.41) is 5.47. The summed E-state index contributed by atoms with van der Waals surface area (Å²) in [5.41, 5.74) is 2.12. The highest BCUT2D eigenvalue weighted by Gasteiger charge is 2.22. The second kappa shape index (κ2) is 8.82. The van der Waals surface area contributed by atoms with Crippen LogP contribution in [0.15, 0.2) is 36.4 Å². The summed E-state index contributed by atoms with van der Waals surface area (Å²) in [6.07, 6.45) is 4.90. The molecule has 6 heteroatoms. The molecule has 4 nitrogen and oxygen atoms in total. The fraction of sp³-hybridized carbons (Fsp3) is 0.333. The van der Waals surface area contributed by atoms with Crippen molar-refractivity contribution in [3.05, 3.63) is 56.9 Å². The maximum atomic E-state index is 14.1. The van der Waals surface area contributed by atoms with E-state index < -0.39 is 5.82 Å². The van der Waals surface area contributed by atoms with Crippen LogP contribution >= 0.6 is 22.6 Å². The molecule has 27 heavy (non-hydrogen) atoms. The predicted octanol–water partition coefficient (Wildman–Crippen LogP) is 5.51. The molecule has 0 spiro atoms. The molecule has 2 aromatic carbocycles. The predicted molar refractivity (Wildman–Crippen MR) is 113 cm³/mol. The van der Waals surface area contributed by atoms with Gasteiger partial charge in [0.05, 0.1) is 11.3 Å². The van der Waals surface area contributed by atoms with Crippen LogP contribution in [0.1, 0.15) is 48.0 Å². The minimum atomic E-state index is -0.512. The Morgan fingerprint density at radius 2 is 1.81 bits per heavy atom. The number of nitrogens with one attached hydrogen (secondary N) is 2. The molecule has 0 aliphatic heterocycles. The number of rotatable bonds is 4. The molecule has 1 fully saturated rings. The second-order valence-electron chi connectivity index (χ2n) is 6.91. The van der Waals surface area contributed by atoms with Crippen molar-refractivity contribution >= 4 is 45.8 Å². The Hall–Kier alpha value is -1.96. The van der Waals surface area contributed by atoms with Crippen molar-refractivity contribution in [2.75, 3.05) is 10.6 Å². The summed E-state index contributed by atoms with van der Waals surface area (Å²) < 4.78 is 15.0. The lowest BCUT2D eigenvalue weighted by molar-refractivity contribution is -0.120. The summed E-state index contributed by atoms with van der Waals surface area (Å²) in [7, 11) is 0. The quantitative estimate of drug-likeness (QED) is 0.568. The normalized spacial score (nSPS) is 14.6. The van der Waals surface area contributed by atoms with Gasteiger partial charge in [0.1, 0.15) is 5.82 Å². The number of carbonyl (C=O) groups is 2. The Bertz CT molecular complexity index is 863. The zero-order valence-electron chi connectivity index (χ0n) is 15.1. The molecular formula is C21H22FIN2O2. The highest BCUT2D eigenvalue weighted by Crippen LogP contribution is 2.27. The summed E-state index contributed by atoms with van der Waals surface area (Å²) in [6.45, 7) is 1.94. The number of benzene rings is 2. The van der Waals surface area contributed by atoms with Crippen LogP contribution in [0.2, 0.25) is 0 Å². The van der Waals surface area contributed by atoms with Gasteiger partial charge in [0.25, 0.3) is 5.91 Å². The molecule has 0 heterocycles. The zero-order valence-corrected chi connectivity index (χ0v) is 17.3. The highest BCUT2D eigenvalue weighted by atomic mass is 127. The third-order valence-corrected chi connectivity index (χ3v) is 6.33. The van der Waals surface area contributed by atoms with E-state index in [0.29, 0.717) is 11.3 Å². The minimum Gasteiger partial charge on any atom is -0.323 e. The topological polar surface area (TPSA) is 58.2 Å². The molecule has 0 atom stereocenters. The number of hydrogen-bond donors (Lipinski definition) is 2. The molecule has 1 saturated carbocycles. The molecule has 142 valence electrons. The summed E-state index contributed by atoms with van der Waals surface area (Å²) in [5.74, 6) is -0.989. The van der Waals surface area contributed by atoms with Gasteiger partial charge in [-0.25, -0.2) is 4.39 Å². The van der Waals surface area contributed by atoms with Crippen LogP contribution < -0.4 is 10.6 Å². The summed E-state index contributed by atoms with van der Waals surface area (Å²) in [6, 6.07) is 9.73. The van der Waals surface area contributed by atoms with Gasteiger partial charge >= 0.3 is 0 Å². The standard InChI is InChI=1S/C21H22FIN2O2/c1-13-6-5-9-16(19(13)23)21(27)24-15-10-11-17(22)18(12-15)25-20(26)14-7-3-2-4-8-14/h5-6,9-12,14H,2-4,7-8H2,1H3,(H,24,27)(H,25,26). The molecule has 2 aromatic rings. The van der Waals surface area contributed by atoms with Crippen molar-refractivity contribution in [3.63, 3.8) is 0 Å². The summed E-state index contributed by atoms with van der Waals surface area (Å²) in [4.78, 5) is 24.9. The SMILES string of the molecule is Cc1cccc(C(=O)Nc2ccc(F)c(NC(=O)C3CCCCC3)c2)c1I. The van der Waals surface area contributed by atoms with E-state index in [1.54, 1.807) is 6.07 Å². The van der Waals surface area contributed by atoms with E-state index in [-0.39, 0.29) is 23.4 Å². The van der Waals surface area contributed by atoms with Gasteiger partial charge in [-0.3, -0.25) is 9.59 Å². The van der Waals surface area contributed by atoms with E-state index in [4.69, 9.17) is 0 Å². The molecule has 1 aliphatic carbocycles. The van der Waals surface area contributed by atoms with Gasteiger partial charge in [0.15, 0.2) is 0 Å². The van der Waals surface area contributed by atoms with Gasteiger partial charge in [0.2, 0.25) is 5.91 Å². The number of carbonyl (C=O) groups excluding carboxylic acids is 2. The third-order valence-electron chi connectivity index (χ3n) is 4.89. The Balaban J connectivity index is 1.73. The monoisotopic (exact) mass is 480 g/mol. The number of anilines is 2. The average molecular weight is 480 g/mol.